The standard InChI is InChI=1S/C21H19N3O5/c1-13(2)20(25)22-15-6-4-7-16(12-15)23-21(26)19-10-9-18(29-19)14-5-3-8-17(11-14)24(27)28/h3-13H,1-2H3,(H,22,25)(H,23,26). The Balaban J connectivity index is 1.73. The van der Waals surface area contributed by atoms with Gasteiger partial charge in [-0.25, -0.2) is 0 Å². The number of furan rings is 1. The van der Waals surface area contributed by atoms with E-state index in [1.807, 2.05) is 0 Å². The third-order valence-electron chi connectivity index (χ3n) is 4.08. The minimum atomic E-state index is -0.495. The molecule has 0 atom stereocenters. The Hall–Kier alpha value is -3.94. The molecule has 3 aromatic rings. The molecule has 8 heteroatoms. The highest BCUT2D eigenvalue weighted by Gasteiger charge is 2.15. The summed E-state index contributed by atoms with van der Waals surface area (Å²) in [4.78, 5) is 34.7. The van der Waals surface area contributed by atoms with Crippen molar-refractivity contribution in [3.05, 3.63) is 76.5 Å². The molecule has 0 fully saturated rings. The van der Waals surface area contributed by atoms with Gasteiger partial charge < -0.3 is 15.1 Å². The van der Waals surface area contributed by atoms with Crippen LogP contribution in [-0.4, -0.2) is 16.7 Å². The Kier molecular flexibility index (Phi) is 5.73. The largest absolute Gasteiger partial charge is 0.451 e. The molecular weight excluding hydrogens is 374 g/mol. The van der Waals surface area contributed by atoms with Crippen LogP contribution in [0.1, 0.15) is 24.4 Å². The van der Waals surface area contributed by atoms with Crippen molar-refractivity contribution < 1.29 is 18.9 Å². The van der Waals surface area contributed by atoms with E-state index in [0.29, 0.717) is 22.7 Å². The molecule has 1 aromatic heterocycles. The van der Waals surface area contributed by atoms with Gasteiger partial charge in [0.15, 0.2) is 5.76 Å². The summed E-state index contributed by atoms with van der Waals surface area (Å²) in [6, 6.07) is 15.8. The van der Waals surface area contributed by atoms with Gasteiger partial charge in [0.2, 0.25) is 5.91 Å². The molecule has 148 valence electrons. The fourth-order valence-electron chi connectivity index (χ4n) is 2.54. The molecule has 1 heterocycles. The first kappa shape index (κ1) is 19.8. The third kappa shape index (κ3) is 4.86. The van der Waals surface area contributed by atoms with Crippen molar-refractivity contribution in [3.63, 3.8) is 0 Å². The van der Waals surface area contributed by atoms with Gasteiger partial charge in [-0.05, 0) is 30.3 Å². The second kappa shape index (κ2) is 8.39. The fourth-order valence-corrected chi connectivity index (χ4v) is 2.54. The highest BCUT2D eigenvalue weighted by Crippen LogP contribution is 2.26. The second-order valence-electron chi connectivity index (χ2n) is 6.65. The van der Waals surface area contributed by atoms with Crippen LogP contribution in [0.3, 0.4) is 0 Å². The molecule has 2 aromatic carbocycles. The monoisotopic (exact) mass is 393 g/mol. The second-order valence-corrected chi connectivity index (χ2v) is 6.65. The van der Waals surface area contributed by atoms with Crippen LogP contribution in [0.2, 0.25) is 0 Å². The average Bonchev–Trinajstić information content (AvgIpc) is 3.18. The van der Waals surface area contributed by atoms with E-state index < -0.39 is 10.8 Å². The maximum Gasteiger partial charge on any atom is 0.291 e. The van der Waals surface area contributed by atoms with Gasteiger partial charge in [-0.1, -0.05) is 32.0 Å². The molecule has 0 radical (unpaired) electrons. The molecule has 0 aliphatic rings. The van der Waals surface area contributed by atoms with Gasteiger partial charge in [0.1, 0.15) is 5.76 Å². The van der Waals surface area contributed by atoms with Crippen molar-refractivity contribution in [2.75, 3.05) is 10.6 Å². The van der Waals surface area contributed by atoms with Gasteiger partial charge in [0.25, 0.3) is 11.6 Å². The molecule has 0 aliphatic heterocycles. The Bertz CT molecular complexity index is 1070. The van der Waals surface area contributed by atoms with Crippen LogP contribution in [-0.2, 0) is 4.79 Å². The Morgan fingerprint density at radius 2 is 1.66 bits per heavy atom. The number of carbonyl (C=O) groups is 2. The molecule has 3 rings (SSSR count). The number of non-ortho nitro benzene ring substituents is 1. The highest BCUT2D eigenvalue weighted by molar-refractivity contribution is 6.03. The number of carbonyl (C=O) groups excluding carboxylic acids is 2. The van der Waals surface area contributed by atoms with Gasteiger partial charge in [0.05, 0.1) is 4.92 Å². The van der Waals surface area contributed by atoms with E-state index in [0.717, 1.165) is 0 Å². The predicted molar refractivity (Wildman–Crippen MR) is 109 cm³/mol. The summed E-state index contributed by atoms with van der Waals surface area (Å²) in [7, 11) is 0. The van der Waals surface area contributed by atoms with Crippen LogP contribution in [0.15, 0.2) is 65.1 Å². The molecular formula is C21H19N3O5. The first-order valence-electron chi connectivity index (χ1n) is 8.90. The Morgan fingerprint density at radius 1 is 0.966 bits per heavy atom. The van der Waals surface area contributed by atoms with Crippen LogP contribution in [0, 0.1) is 16.0 Å². The van der Waals surface area contributed by atoms with Gasteiger partial charge in [-0.15, -0.1) is 0 Å². The lowest BCUT2D eigenvalue weighted by molar-refractivity contribution is -0.384. The smallest absolute Gasteiger partial charge is 0.291 e. The van der Waals surface area contributed by atoms with Crippen molar-refractivity contribution >= 4 is 28.9 Å². The van der Waals surface area contributed by atoms with Crippen molar-refractivity contribution in [1.29, 1.82) is 0 Å². The van der Waals surface area contributed by atoms with Crippen LogP contribution in [0.25, 0.3) is 11.3 Å². The van der Waals surface area contributed by atoms with E-state index in [9.17, 15) is 19.7 Å². The fraction of sp³-hybridized carbons (Fsp3) is 0.143. The zero-order chi connectivity index (χ0) is 21.0. The lowest BCUT2D eigenvalue weighted by Gasteiger charge is -2.09. The van der Waals surface area contributed by atoms with Crippen molar-refractivity contribution in [2.24, 2.45) is 5.92 Å². The molecule has 0 bridgehead atoms. The average molecular weight is 393 g/mol. The van der Waals surface area contributed by atoms with Crippen molar-refractivity contribution in [1.82, 2.24) is 0 Å². The Labute approximate surface area is 166 Å². The first-order valence-corrected chi connectivity index (χ1v) is 8.90. The molecule has 8 nitrogen and oxygen atoms in total. The van der Waals surface area contributed by atoms with Crippen LogP contribution in [0.5, 0.6) is 0 Å². The van der Waals surface area contributed by atoms with Crippen LogP contribution >= 0.6 is 0 Å². The predicted octanol–water partition coefficient (Wildman–Crippen LogP) is 4.70. The van der Waals surface area contributed by atoms with Gasteiger partial charge in [-0.3, -0.25) is 19.7 Å². The number of benzene rings is 2. The van der Waals surface area contributed by atoms with Gasteiger partial charge in [-0.2, -0.15) is 0 Å². The molecule has 0 aliphatic carbocycles. The molecule has 2 N–H and O–H groups in total. The van der Waals surface area contributed by atoms with E-state index in [4.69, 9.17) is 4.42 Å². The summed E-state index contributed by atoms with van der Waals surface area (Å²) in [5.74, 6) is -0.362. The first-order chi connectivity index (χ1) is 13.8. The summed E-state index contributed by atoms with van der Waals surface area (Å²) in [6.45, 7) is 3.58. The molecule has 2 amide bonds. The highest BCUT2D eigenvalue weighted by atomic mass is 16.6. The zero-order valence-electron chi connectivity index (χ0n) is 15.8. The summed E-state index contributed by atoms with van der Waals surface area (Å²) in [5, 5.41) is 16.4. The van der Waals surface area contributed by atoms with Crippen molar-refractivity contribution in [2.45, 2.75) is 13.8 Å². The lowest BCUT2D eigenvalue weighted by Crippen LogP contribution is -2.18. The van der Waals surface area contributed by atoms with Crippen molar-refractivity contribution in [3.8, 4) is 11.3 Å². The quantitative estimate of drug-likeness (QED) is 0.465. The third-order valence-corrected chi connectivity index (χ3v) is 4.08. The SMILES string of the molecule is CC(C)C(=O)Nc1cccc(NC(=O)c2ccc(-c3cccc([N+](=O)[O-])c3)o2)c1. The maximum absolute atomic E-state index is 12.5. The minimum absolute atomic E-state index is 0.0584. The number of nitro benzene ring substituents is 1. The molecule has 29 heavy (non-hydrogen) atoms. The number of hydrogen-bond acceptors (Lipinski definition) is 5. The number of nitrogens with zero attached hydrogens (tertiary/aromatic N) is 1. The number of amides is 2. The number of hydrogen-bond donors (Lipinski definition) is 2. The van der Waals surface area contributed by atoms with Gasteiger partial charge >= 0.3 is 0 Å². The summed E-state index contributed by atoms with van der Waals surface area (Å²) >= 11 is 0. The molecule has 0 saturated heterocycles. The molecule has 0 saturated carbocycles. The maximum atomic E-state index is 12.5. The number of anilines is 2. The minimum Gasteiger partial charge on any atom is -0.451 e. The summed E-state index contributed by atoms with van der Waals surface area (Å²) in [6.07, 6.45) is 0. The van der Waals surface area contributed by atoms with Crippen LogP contribution < -0.4 is 10.6 Å². The van der Waals surface area contributed by atoms with E-state index in [1.165, 1.54) is 18.2 Å². The lowest BCUT2D eigenvalue weighted by atomic mass is 10.1. The van der Waals surface area contributed by atoms with E-state index in [1.54, 1.807) is 56.3 Å². The summed E-state index contributed by atoms with van der Waals surface area (Å²) < 4.78 is 5.56. The number of nitro groups is 1. The summed E-state index contributed by atoms with van der Waals surface area (Å²) in [5.41, 5.74) is 1.49. The van der Waals surface area contributed by atoms with Crippen LogP contribution in [0.4, 0.5) is 17.1 Å². The van der Waals surface area contributed by atoms with Gasteiger partial charge in [0, 0.05) is 35.0 Å². The van der Waals surface area contributed by atoms with E-state index in [-0.39, 0.29) is 23.3 Å². The number of nitrogens with one attached hydrogen (secondary N) is 2. The Morgan fingerprint density at radius 3 is 2.34 bits per heavy atom. The topological polar surface area (TPSA) is 114 Å². The normalized spacial score (nSPS) is 10.6. The van der Waals surface area contributed by atoms with E-state index in [2.05, 4.69) is 10.6 Å². The molecule has 0 unspecified atom stereocenters. The zero-order valence-corrected chi connectivity index (χ0v) is 15.8. The number of rotatable bonds is 6. The molecule has 0 spiro atoms. The van der Waals surface area contributed by atoms with E-state index >= 15 is 0 Å².